The first-order valence-corrected chi connectivity index (χ1v) is 7.57. The number of carbonyl (C=O) groups excluding carboxylic acids is 1. The molecule has 0 radical (unpaired) electrons. The molecular formula is C14H25N3O4. The number of urea groups is 1. The number of carbonyl (C=O) groups is 2. The zero-order valence-corrected chi connectivity index (χ0v) is 12.6. The highest BCUT2D eigenvalue weighted by molar-refractivity contribution is 5.74. The lowest BCUT2D eigenvalue weighted by atomic mass is 9.80. The number of hydrogen-bond donors (Lipinski definition) is 2. The van der Waals surface area contributed by atoms with Crippen LogP contribution in [-0.4, -0.2) is 78.9 Å². The van der Waals surface area contributed by atoms with E-state index in [4.69, 9.17) is 9.84 Å². The molecule has 1 aliphatic heterocycles. The van der Waals surface area contributed by atoms with Crippen LogP contribution in [0.4, 0.5) is 4.79 Å². The van der Waals surface area contributed by atoms with Gasteiger partial charge in [0.05, 0.1) is 12.1 Å². The van der Waals surface area contributed by atoms with Crippen LogP contribution in [0, 0.1) is 0 Å². The first-order valence-electron chi connectivity index (χ1n) is 7.57. The maximum absolute atomic E-state index is 12.2. The Morgan fingerprint density at radius 1 is 1.19 bits per heavy atom. The molecule has 0 spiro atoms. The second-order valence-corrected chi connectivity index (χ2v) is 5.91. The molecule has 2 N–H and O–H groups in total. The Labute approximate surface area is 125 Å². The van der Waals surface area contributed by atoms with Gasteiger partial charge >= 0.3 is 12.0 Å². The second-order valence-electron chi connectivity index (χ2n) is 5.91. The molecule has 0 unspecified atom stereocenters. The van der Waals surface area contributed by atoms with E-state index in [0.29, 0.717) is 26.2 Å². The van der Waals surface area contributed by atoms with Crippen molar-refractivity contribution >= 4 is 12.0 Å². The highest BCUT2D eigenvalue weighted by Crippen LogP contribution is 2.34. The van der Waals surface area contributed by atoms with Crippen LogP contribution in [0.5, 0.6) is 0 Å². The molecule has 1 heterocycles. The number of hydrogen-bond acceptors (Lipinski definition) is 4. The fraction of sp³-hybridized carbons (Fsp3) is 0.857. The van der Waals surface area contributed by atoms with Gasteiger partial charge in [0, 0.05) is 39.8 Å². The van der Waals surface area contributed by atoms with Crippen LogP contribution in [0.3, 0.4) is 0 Å². The van der Waals surface area contributed by atoms with Gasteiger partial charge < -0.3 is 20.1 Å². The molecule has 0 aromatic rings. The SMILES string of the molecule is COC1(CNC(=O)N2CCCN(CC(=O)O)CC2)CCC1. The topological polar surface area (TPSA) is 82.1 Å². The first-order chi connectivity index (χ1) is 10.0. The zero-order valence-electron chi connectivity index (χ0n) is 12.6. The van der Waals surface area contributed by atoms with Crippen molar-refractivity contribution in [2.24, 2.45) is 0 Å². The summed E-state index contributed by atoms with van der Waals surface area (Å²) < 4.78 is 5.49. The molecule has 1 saturated carbocycles. The van der Waals surface area contributed by atoms with Gasteiger partial charge in [-0.15, -0.1) is 0 Å². The number of amides is 2. The number of methoxy groups -OCH3 is 1. The molecule has 0 atom stereocenters. The van der Waals surface area contributed by atoms with Crippen molar-refractivity contribution in [1.29, 1.82) is 0 Å². The van der Waals surface area contributed by atoms with E-state index >= 15 is 0 Å². The summed E-state index contributed by atoms with van der Waals surface area (Å²) in [5, 5.41) is 11.8. The van der Waals surface area contributed by atoms with Crippen LogP contribution in [0.15, 0.2) is 0 Å². The van der Waals surface area contributed by atoms with E-state index in [-0.39, 0.29) is 18.2 Å². The molecule has 0 aromatic carbocycles. The third kappa shape index (κ3) is 4.31. The molecule has 1 aliphatic carbocycles. The first kappa shape index (κ1) is 16.0. The van der Waals surface area contributed by atoms with Gasteiger partial charge in [-0.1, -0.05) is 0 Å². The standard InChI is InChI=1S/C14H25N3O4/c1-21-14(4-2-5-14)11-15-13(20)17-7-3-6-16(8-9-17)10-12(18)19/h2-11H2,1H3,(H,15,20)(H,18,19). The van der Waals surface area contributed by atoms with Crippen molar-refractivity contribution in [2.75, 3.05) is 46.4 Å². The van der Waals surface area contributed by atoms with Gasteiger partial charge in [-0.05, 0) is 25.7 Å². The lowest BCUT2D eigenvalue weighted by Gasteiger charge is -2.40. The third-order valence-corrected chi connectivity index (χ3v) is 4.49. The van der Waals surface area contributed by atoms with Crippen molar-refractivity contribution in [3.05, 3.63) is 0 Å². The molecule has 0 bridgehead atoms. The largest absolute Gasteiger partial charge is 0.480 e. The fourth-order valence-corrected chi connectivity index (χ4v) is 2.90. The second kappa shape index (κ2) is 7.09. The van der Waals surface area contributed by atoms with Gasteiger partial charge in [-0.3, -0.25) is 9.69 Å². The minimum absolute atomic E-state index is 0.0439. The average Bonchev–Trinajstić information content (AvgIpc) is 2.63. The summed E-state index contributed by atoms with van der Waals surface area (Å²) >= 11 is 0. The average molecular weight is 299 g/mol. The summed E-state index contributed by atoms with van der Waals surface area (Å²) in [4.78, 5) is 26.6. The van der Waals surface area contributed by atoms with Crippen LogP contribution >= 0.6 is 0 Å². The molecule has 1 saturated heterocycles. The number of nitrogens with one attached hydrogen (secondary N) is 1. The van der Waals surface area contributed by atoms with Gasteiger partial charge in [-0.2, -0.15) is 0 Å². The smallest absolute Gasteiger partial charge is 0.317 e. The summed E-state index contributed by atoms with van der Waals surface area (Å²) in [6.07, 6.45) is 3.94. The van der Waals surface area contributed by atoms with Gasteiger partial charge in [0.15, 0.2) is 0 Å². The van der Waals surface area contributed by atoms with Crippen molar-refractivity contribution < 1.29 is 19.4 Å². The number of aliphatic carboxylic acids is 1. The minimum atomic E-state index is -0.820. The number of carboxylic acid groups (broad SMARTS) is 1. The Balaban J connectivity index is 1.76. The van der Waals surface area contributed by atoms with Crippen LogP contribution in [0.1, 0.15) is 25.7 Å². The van der Waals surface area contributed by atoms with Gasteiger partial charge in [0.2, 0.25) is 0 Å². The van der Waals surface area contributed by atoms with Gasteiger partial charge in [-0.25, -0.2) is 4.79 Å². The van der Waals surface area contributed by atoms with E-state index in [1.54, 1.807) is 12.0 Å². The van der Waals surface area contributed by atoms with E-state index < -0.39 is 5.97 Å². The highest BCUT2D eigenvalue weighted by Gasteiger charge is 2.37. The van der Waals surface area contributed by atoms with Crippen LogP contribution < -0.4 is 5.32 Å². The lowest BCUT2D eigenvalue weighted by molar-refractivity contribution is -0.138. The van der Waals surface area contributed by atoms with E-state index in [1.807, 2.05) is 4.90 Å². The Hall–Kier alpha value is -1.34. The van der Waals surface area contributed by atoms with E-state index in [0.717, 1.165) is 32.2 Å². The number of ether oxygens (including phenoxy) is 1. The van der Waals surface area contributed by atoms with Gasteiger partial charge in [0.1, 0.15) is 0 Å². The number of nitrogens with zero attached hydrogens (tertiary/aromatic N) is 2. The number of carboxylic acids is 1. The molecule has 2 aliphatic rings. The molecular weight excluding hydrogens is 274 g/mol. The molecule has 2 rings (SSSR count). The van der Waals surface area contributed by atoms with Crippen LogP contribution in [0.2, 0.25) is 0 Å². The zero-order chi connectivity index (χ0) is 15.3. The molecule has 120 valence electrons. The van der Waals surface area contributed by atoms with Crippen LogP contribution in [-0.2, 0) is 9.53 Å². The summed E-state index contributed by atoms with van der Waals surface area (Å²) in [7, 11) is 1.70. The van der Waals surface area contributed by atoms with Crippen molar-refractivity contribution in [1.82, 2.24) is 15.1 Å². The number of rotatable bonds is 5. The van der Waals surface area contributed by atoms with Crippen molar-refractivity contribution in [3.63, 3.8) is 0 Å². The van der Waals surface area contributed by atoms with E-state index in [2.05, 4.69) is 5.32 Å². The van der Waals surface area contributed by atoms with Crippen LogP contribution in [0.25, 0.3) is 0 Å². The monoisotopic (exact) mass is 299 g/mol. The van der Waals surface area contributed by atoms with E-state index in [1.165, 1.54) is 0 Å². The van der Waals surface area contributed by atoms with Gasteiger partial charge in [0.25, 0.3) is 0 Å². The summed E-state index contributed by atoms with van der Waals surface area (Å²) in [6.45, 7) is 3.16. The minimum Gasteiger partial charge on any atom is -0.480 e. The predicted octanol–water partition coefficient (Wildman–Crippen LogP) is 0.357. The maximum Gasteiger partial charge on any atom is 0.317 e. The van der Waals surface area contributed by atoms with E-state index in [9.17, 15) is 9.59 Å². The molecule has 2 fully saturated rings. The maximum atomic E-state index is 12.2. The van der Waals surface area contributed by atoms with Crippen molar-refractivity contribution in [3.8, 4) is 0 Å². The summed E-state index contributed by atoms with van der Waals surface area (Å²) in [5.74, 6) is -0.820. The summed E-state index contributed by atoms with van der Waals surface area (Å²) in [6, 6.07) is -0.0736. The van der Waals surface area contributed by atoms with Crippen molar-refractivity contribution in [2.45, 2.75) is 31.3 Å². The Morgan fingerprint density at radius 3 is 2.52 bits per heavy atom. The Bertz CT molecular complexity index is 379. The molecule has 0 aromatic heterocycles. The fourth-order valence-electron chi connectivity index (χ4n) is 2.90. The third-order valence-electron chi connectivity index (χ3n) is 4.49. The summed E-state index contributed by atoms with van der Waals surface area (Å²) in [5.41, 5.74) is -0.170. The Kier molecular flexibility index (Phi) is 5.41. The lowest BCUT2D eigenvalue weighted by Crippen LogP contribution is -2.52. The normalized spacial score (nSPS) is 22.2. The predicted molar refractivity (Wildman–Crippen MR) is 77.3 cm³/mol. The highest BCUT2D eigenvalue weighted by atomic mass is 16.5. The molecule has 2 amide bonds. The quantitative estimate of drug-likeness (QED) is 0.766. The Morgan fingerprint density at radius 2 is 1.95 bits per heavy atom. The molecule has 7 nitrogen and oxygen atoms in total. The molecule has 7 heteroatoms. The molecule has 21 heavy (non-hydrogen) atoms.